The third-order valence-electron chi connectivity index (χ3n) is 5.75. The number of rotatable bonds is 6. The summed E-state index contributed by atoms with van der Waals surface area (Å²) >= 11 is 0. The fourth-order valence-corrected chi connectivity index (χ4v) is 4.12. The number of aryl methyl sites for hydroxylation is 1. The van der Waals surface area contributed by atoms with Crippen LogP contribution in [0.15, 0.2) is 39.7 Å². The van der Waals surface area contributed by atoms with E-state index in [1.54, 1.807) is 19.4 Å². The van der Waals surface area contributed by atoms with Crippen LogP contribution in [0.25, 0.3) is 22.4 Å². The van der Waals surface area contributed by atoms with Crippen molar-refractivity contribution in [1.82, 2.24) is 14.9 Å². The van der Waals surface area contributed by atoms with Gasteiger partial charge in [0.2, 0.25) is 5.89 Å². The minimum atomic E-state index is -0.372. The number of hydrogen-bond donors (Lipinski definition) is 0. The highest BCUT2D eigenvalue weighted by atomic mass is 16.5. The van der Waals surface area contributed by atoms with E-state index in [1.165, 1.54) is 0 Å². The maximum atomic E-state index is 13.0. The average Bonchev–Trinajstić information content (AvgIpc) is 3.24. The van der Waals surface area contributed by atoms with Crippen molar-refractivity contribution in [2.75, 3.05) is 39.2 Å². The second kappa shape index (κ2) is 8.44. The lowest BCUT2D eigenvalue weighted by Crippen LogP contribution is -2.31. The highest BCUT2D eigenvalue weighted by Gasteiger charge is 2.27. The van der Waals surface area contributed by atoms with Crippen molar-refractivity contribution in [3.8, 4) is 17.2 Å². The van der Waals surface area contributed by atoms with Crippen molar-refractivity contribution in [3.05, 3.63) is 46.4 Å². The molecule has 3 heterocycles. The molecule has 0 amide bonds. The van der Waals surface area contributed by atoms with Gasteiger partial charge < -0.3 is 19.0 Å². The molecule has 0 bridgehead atoms. The molecule has 7 nitrogen and oxygen atoms in total. The van der Waals surface area contributed by atoms with Gasteiger partial charge in [-0.2, -0.15) is 0 Å². The molecule has 1 atom stereocenters. The zero-order valence-corrected chi connectivity index (χ0v) is 18.0. The first kappa shape index (κ1) is 20.3. The van der Waals surface area contributed by atoms with Gasteiger partial charge >= 0.3 is 5.63 Å². The van der Waals surface area contributed by atoms with Gasteiger partial charge in [0.1, 0.15) is 11.6 Å². The largest absolute Gasteiger partial charge is 0.497 e. The van der Waals surface area contributed by atoms with Crippen LogP contribution in [0, 0.1) is 0 Å². The van der Waals surface area contributed by atoms with Gasteiger partial charge in [-0.05, 0) is 50.7 Å². The lowest BCUT2D eigenvalue weighted by molar-refractivity contribution is 0.315. The second-order valence-corrected chi connectivity index (χ2v) is 7.96. The highest BCUT2D eigenvalue weighted by Crippen LogP contribution is 2.32. The maximum Gasteiger partial charge on any atom is 0.347 e. The summed E-state index contributed by atoms with van der Waals surface area (Å²) < 4.78 is 11.2. The van der Waals surface area contributed by atoms with E-state index in [0.717, 1.165) is 49.3 Å². The fraction of sp³-hybridized carbons (Fsp3) is 0.435. The number of ether oxygens (including phenoxy) is 1. The zero-order valence-electron chi connectivity index (χ0n) is 18.0. The molecule has 0 unspecified atom stereocenters. The number of aromatic nitrogens is 2. The number of anilines is 1. The quantitative estimate of drug-likeness (QED) is 0.619. The van der Waals surface area contributed by atoms with E-state index >= 15 is 0 Å². The highest BCUT2D eigenvalue weighted by molar-refractivity contribution is 5.84. The smallest absolute Gasteiger partial charge is 0.347 e. The Hall–Kier alpha value is -2.93. The molecular weight excluding hydrogens is 380 g/mol. The lowest BCUT2D eigenvalue weighted by atomic mass is 10.0. The van der Waals surface area contributed by atoms with E-state index in [4.69, 9.17) is 14.1 Å². The normalized spacial score (nSPS) is 16.6. The summed E-state index contributed by atoms with van der Waals surface area (Å²) in [4.78, 5) is 26.7. The summed E-state index contributed by atoms with van der Waals surface area (Å²) in [5.74, 6) is 1.78. The van der Waals surface area contributed by atoms with Crippen LogP contribution >= 0.6 is 0 Å². The van der Waals surface area contributed by atoms with Gasteiger partial charge in [0.25, 0.3) is 0 Å². The lowest BCUT2D eigenvalue weighted by Gasteiger charge is -2.22. The molecule has 4 rings (SSSR count). The molecule has 1 fully saturated rings. The molecule has 7 heteroatoms. The molecule has 2 aromatic heterocycles. The van der Waals surface area contributed by atoms with Crippen LogP contribution in [0.1, 0.15) is 25.3 Å². The Morgan fingerprint density at radius 3 is 2.87 bits per heavy atom. The zero-order chi connectivity index (χ0) is 21.3. The molecule has 158 valence electrons. The van der Waals surface area contributed by atoms with Crippen molar-refractivity contribution < 1.29 is 9.15 Å². The Balaban J connectivity index is 1.82. The minimum Gasteiger partial charge on any atom is -0.497 e. The van der Waals surface area contributed by atoms with Gasteiger partial charge in [0, 0.05) is 31.4 Å². The molecule has 0 N–H and O–H groups in total. The topological polar surface area (TPSA) is 71.7 Å². The number of benzene rings is 1. The Morgan fingerprint density at radius 1 is 1.33 bits per heavy atom. The summed E-state index contributed by atoms with van der Waals surface area (Å²) in [5, 5.41) is 0.528. The van der Waals surface area contributed by atoms with Crippen LogP contribution in [-0.4, -0.2) is 55.2 Å². The van der Waals surface area contributed by atoms with Crippen LogP contribution < -0.4 is 15.3 Å². The summed E-state index contributed by atoms with van der Waals surface area (Å²) in [6.07, 6.45) is 4.51. The van der Waals surface area contributed by atoms with Crippen LogP contribution in [0.4, 0.5) is 5.82 Å². The first-order chi connectivity index (χ1) is 14.5. The number of pyridine rings is 1. The van der Waals surface area contributed by atoms with Gasteiger partial charge in [-0.3, -0.25) is 0 Å². The molecule has 0 radical (unpaired) electrons. The third kappa shape index (κ3) is 3.77. The molecule has 0 saturated carbocycles. The number of fused-ring (bicyclic) bond motifs is 1. The molecule has 30 heavy (non-hydrogen) atoms. The third-order valence-corrected chi connectivity index (χ3v) is 5.75. The van der Waals surface area contributed by atoms with Crippen LogP contribution in [0.5, 0.6) is 5.75 Å². The van der Waals surface area contributed by atoms with Crippen LogP contribution in [0.3, 0.4) is 0 Å². The molecule has 1 saturated heterocycles. The Labute approximate surface area is 176 Å². The molecule has 0 spiro atoms. The number of likely N-dealkylation sites (N-methyl/N-ethyl adjacent to an activating group) is 1. The molecule has 1 aromatic carbocycles. The first-order valence-electron chi connectivity index (χ1n) is 10.4. The van der Waals surface area contributed by atoms with E-state index in [1.807, 2.05) is 18.2 Å². The maximum absolute atomic E-state index is 13.0. The Morgan fingerprint density at radius 2 is 2.17 bits per heavy atom. The van der Waals surface area contributed by atoms with Gasteiger partial charge in [-0.1, -0.05) is 13.3 Å². The molecular formula is C23H28N4O3. The average molecular weight is 409 g/mol. The predicted molar refractivity (Wildman–Crippen MR) is 118 cm³/mol. The van der Waals surface area contributed by atoms with Gasteiger partial charge in [0.05, 0.1) is 23.6 Å². The summed E-state index contributed by atoms with van der Waals surface area (Å²) in [5.41, 5.74) is 1.85. The summed E-state index contributed by atoms with van der Waals surface area (Å²) in [6.45, 7) is 3.86. The van der Waals surface area contributed by atoms with E-state index in [2.05, 4.69) is 35.8 Å². The van der Waals surface area contributed by atoms with Crippen molar-refractivity contribution in [2.24, 2.45) is 0 Å². The SMILES string of the molecule is CCCc1cc(OC)cc2nc(-c3cccnc3N3CC[C@@H](N(C)C)C3)oc(=O)c12. The monoisotopic (exact) mass is 408 g/mol. The van der Waals surface area contributed by atoms with Gasteiger partial charge in [0.15, 0.2) is 0 Å². The van der Waals surface area contributed by atoms with Crippen molar-refractivity contribution in [2.45, 2.75) is 32.2 Å². The van der Waals surface area contributed by atoms with Crippen LogP contribution in [-0.2, 0) is 6.42 Å². The van der Waals surface area contributed by atoms with E-state index in [-0.39, 0.29) is 5.63 Å². The summed E-state index contributed by atoms with van der Waals surface area (Å²) in [7, 11) is 5.81. The Bertz CT molecular complexity index is 1110. The second-order valence-electron chi connectivity index (χ2n) is 7.96. The molecule has 1 aliphatic heterocycles. The number of nitrogens with zero attached hydrogens (tertiary/aromatic N) is 4. The van der Waals surface area contributed by atoms with E-state index < -0.39 is 0 Å². The first-order valence-corrected chi connectivity index (χ1v) is 10.4. The minimum absolute atomic E-state index is 0.291. The van der Waals surface area contributed by atoms with E-state index in [9.17, 15) is 4.79 Å². The van der Waals surface area contributed by atoms with Crippen molar-refractivity contribution in [3.63, 3.8) is 0 Å². The molecule has 0 aliphatic carbocycles. The van der Waals surface area contributed by atoms with Crippen molar-refractivity contribution in [1.29, 1.82) is 0 Å². The van der Waals surface area contributed by atoms with Crippen LogP contribution in [0.2, 0.25) is 0 Å². The van der Waals surface area contributed by atoms with Gasteiger partial charge in [-0.25, -0.2) is 14.8 Å². The summed E-state index contributed by atoms with van der Waals surface area (Å²) in [6, 6.07) is 7.92. The van der Waals surface area contributed by atoms with E-state index in [0.29, 0.717) is 28.6 Å². The molecule has 3 aromatic rings. The molecule has 1 aliphatic rings. The Kier molecular flexibility index (Phi) is 5.72. The fourth-order valence-electron chi connectivity index (χ4n) is 4.12. The standard InChI is InChI=1S/C23H28N4O3/c1-5-7-15-12-17(29-4)13-19-20(15)23(28)30-22(25-19)18-8-6-10-24-21(18)27-11-9-16(14-27)26(2)3/h6,8,10,12-13,16H,5,7,9,11,14H2,1-4H3/t16-/m1/s1. The number of methoxy groups -OCH3 is 1. The van der Waals surface area contributed by atoms with Crippen molar-refractivity contribution >= 4 is 16.7 Å². The van der Waals surface area contributed by atoms with Gasteiger partial charge in [-0.15, -0.1) is 0 Å². The number of hydrogen-bond acceptors (Lipinski definition) is 7. The predicted octanol–water partition coefficient (Wildman–Crippen LogP) is 3.35.